The molecule has 2 aliphatic heterocycles. The molecule has 0 spiro atoms. The zero-order chi connectivity index (χ0) is 13.7. The Bertz CT molecular complexity index is 256. The van der Waals surface area contributed by atoms with Crippen molar-refractivity contribution in [3.05, 3.63) is 0 Å². The molecule has 0 unspecified atom stereocenters. The highest BCUT2D eigenvalue weighted by atomic mass is 16.5. The van der Waals surface area contributed by atoms with Gasteiger partial charge in [0.2, 0.25) is 0 Å². The standard InChI is InChI=1S/C14H28N2O3/c1-13(2)19-8-7-15-3-5-16(6-4-15)9-14(10-17)11-18-12-14/h13,17H,3-12H2,1-2H3. The second kappa shape index (κ2) is 6.99. The smallest absolute Gasteiger partial charge is 0.0596 e. The van der Waals surface area contributed by atoms with E-state index in [9.17, 15) is 5.11 Å². The third-order valence-electron chi connectivity index (χ3n) is 4.03. The first-order chi connectivity index (χ1) is 9.13. The summed E-state index contributed by atoms with van der Waals surface area (Å²) in [6.45, 7) is 13.0. The molecule has 0 aromatic carbocycles. The Morgan fingerprint density at radius 3 is 2.26 bits per heavy atom. The molecule has 0 aromatic rings. The largest absolute Gasteiger partial charge is 0.396 e. The van der Waals surface area contributed by atoms with Crippen molar-refractivity contribution in [1.82, 2.24) is 9.80 Å². The van der Waals surface area contributed by atoms with E-state index in [0.29, 0.717) is 19.3 Å². The molecule has 0 saturated carbocycles. The van der Waals surface area contributed by atoms with Gasteiger partial charge in [0.15, 0.2) is 0 Å². The maximum absolute atomic E-state index is 9.45. The number of ether oxygens (including phenoxy) is 2. The molecular weight excluding hydrogens is 244 g/mol. The van der Waals surface area contributed by atoms with Crippen molar-refractivity contribution in [3.63, 3.8) is 0 Å². The Kier molecular flexibility index (Phi) is 5.59. The predicted octanol–water partition coefficient (Wildman–Crippen LogP) is 0.0379. The van der Waals surface area contributed by atoms with Gasteiger partial charge in [-0.2, -0.15) is 0 Å². The summed E-state index contributed by atoms with van der Waals surface area (Å²) in [5.41, 5.74) is 0.0168. The minimum absolute atomic E-state index is 0.0168. The first-order valence-corrected chi connectivity index (χ1v) is 7.38. The highest BCUT2D eigenvalue weighted by Gasteiger charge is 2.39. The summed E-state index contributed by atoms with van der Waals surface area (Å²) in [5, 5.41) is 9.45. The van der Waals surface area contributed by atoms with Crippen LogP contribution < -0.4 is 0 Å². The Morgan fingerprint density at radius 2 is 1.79 bits per heavy atom. The zero-order valence-electron chi connectivity index (χ0n) is 12.3. The van der Waals surface area contributed by atoms with Crippen molar-refractivity contribution in [2.45, 2.75) is 20.0 Å². The average molecular weight is 272 g/mol. The third-order valence-corrected chi connectivity index (χ3v) is 4.03. The van der Waals surface area contributed by atoms with Crippen LogP contribution in [0.3, 0.4) is 0 Å². The third kappa shape index (κ3) is 4.39. The summed E-state index contributed by atoms with van der Waals surface area (Å²) in [6.07, 6.45) is 0.323. The number of piperazine rings is 1. The van der Waals surface area contributed by atoms with Crippen LogP contribution in [0.4, 0.5) is 0 Å². The molecule has 0 bridgehead atoms. The molecule has 0 aromatic heterocycles. The van der Waals surface area contributed by atoms with Crippen LogP contribution in [-0.2, 0) is 9.47 Å². The van der Waals surface area contributed by atoms with E-state index in [2.05, 4.69) is 23.6 Å². The maximum atomic E-state index is 9.45. The highest BCUT2D eigenvalue weighted by molar-refractivity contribution is 4.89. The molecule has 2 saturated heterocycles. The second-order valence-electron chi connectivity index (χ2n) is 6.19. The monoisotopic (exact) mass is 272 g/mol. The number of hydrogen-bond acceptors (Lipinski definition) is 5. The molecular formula is C14H28N2O3. The molecule has 2 rings (SSSR count). The molecule has 0 aliphatic carbocycles. The number of nitrogens with zero attached hydrogens (tertiary/aromatic N) is 2. The molecule has 0 atom stereocenters. The lowest BCUT2D eigenvalue weighted by atomic mass is 9.86. The molecule has 2 heterocycles. The first-order valence-electron chi connectivity index (χ1n) is 7.38. The SMILES string of the molecule is CC(C)OCCN1CCN(CC2(CO)COC2)CC1. The fourth-order valence-electron chi connectivity index (χ4n) is 2.69. The summed E-state index contributed by atoms with van der Waals surface area (Å²) in [7, 11) is 0. The molecule has 0 radical (unpaired) electrons. The van der Waals surface area contributed by atoms with Gasteiger partial charge in [-0.25, -0.2) is 0 Å². The molecule has 2 fully saturated rings. The van der Waals surface area contributed by atoms with E-state index in [1.807, 2.05) is 0 Å². The minimum atomic E-state index is 0.0168. The van der Waals surface area contributed by atoms with Gasteiger partial charge in [0.25, 0.3) is 0 Å². The van der Waals surface area contributed by atoms with Crippen LogP contribution in [0, 0.1) is 5.41 Å². The minimum Gasteiger partial charge on any atom is -0.396 e. The van der Waals surface area contributed by atoms with Gasteiger partial charge in [-0.3, -0.25) is 9.80 Å². The van der Waals surface area contributed by atoms with Gasteiger partial charge in [0, 0.05) is 39.3 Å². The quantitative estimate of drug-likeness (QED) is 0.709. The van der Waals surface area contributed by atoms with Crippen LogP contribution in [0.1, 0.15) is 13.8 Å². The maximum Gasteiger partial charge on any atom is 0.0596 e. The lowest BCUT2D eigenvalue weighted by Gasteiger charge is -2.45. The van der Waals surface area contributed by atoms with Crippen LogP contribution in [0.5, 0.6) is 0 Å². The molecule has 5 heteroatoms. The summed E-state index contributed by atoms with van der Waals surface area (Å²) >= 11 is 0. The van der Waals surface area contributed by atoms with Crippen LogP contribution in [-0.4, -0.2) is 86.7 Å². The predicted molar refractivity (Wildman–Crippen MR) is 74.3 cm³/mol. The van der Waals surface area contributed by atoms with E-state index >= 15 is 0 Å². The number of aliphatic hydroxyl groups excluding tert-OH is 1. The zero-order valence-corrected chi connectivity index (χ0v) is 12.3. The van der Waals surface area contributed by atoms with E-state index in [0.717, 1.165) is 45.9 Å². The number of aliphatic hydroxyl groups is 1. The van der Waals surface area contributed by atoms with Crippen LogP contribution in [0.25, 0.3) is 0 Å². The van der Waals surface area contributed by atoms with Gasteiger partial charge in [-0.1, -0.05) is 0 Å². The van der Waals surface area contributed by atoms with Crippen molar-refractivity contribution in [3.8, 4) is 0 Å². The van der Waals surface area contributed by atoms with Crippen molar-refractivity contribution in [1.29, 1.82) is 0 Å². The molecule has 5 nitrogen and oxygen atoms in total. The summed E-state index contributed by atoms with van der Waals surface area (Å²) in [6, 6.07) is 0. The van der Waals surface area contributed by atoms with E-state index in [-0.39, 0.29) is 12.0 Å². The lowest BCUT2D eigenvalue weighted by Crippen LogP contribution is -2.57. The fraction of sp³-hybridized carbons (Fsp3) is 1.00. The first kappa shape index (κ1) is 15.2. The van der Waals surface area contributed by atoms with E-state index in [1.54, 1.807) is 0 Å². The molecule has 2 aliphatic rings. The van der Waals surface area contributed by atoms with Crippen molar-refractivity contribution in [2.24, 2.45) is 5.41 Å². The summed E-state index contributed by atoms with van der Waals surface area (Å²) in [4.78, 5) is 4.92. The Balaban J connectivity index is 1.62. The summed E-state index contributed by atoms with van der Waals surface area (Å²) < 4.78 is 10.8. The van der Waals surface area contributed by atoms with Gasteiger partial charge < -0.3 is 14.6 Å². The topological polar surface area (TPSA) is 45.2 Å². The van der Waals surface area contributed by atoms with Gasteiger partial charge >= 0.3 is 0 Å². The highest BCUT2D eigenvalue weighted by Crippen LogP contribution is 2.28. The van der Waals surface area contributed by atoms with Crippen molar-refractivity contribution >= 4 is 0 Å². The van der Waals surface area contributed by atoms with E-state index in [4.69, 9.17) is 9.47 Å². The van der Waals surface area contributed by atoms with Gasteiger partial charge in [0.1, 0.15) is 0 Å². The van der Waals surface area contributed by atoms with Crippen LogP contribution in [0.15, 0.2) is 0 Å². The van der Waals surface area contributed by atoms with Gasteiger partial charge in [-0.05, 0) is 13.8 Å². The Hall–Kier alpha value is -0.200. The number of hydrogen-bond donors (Lipinski definition) is 1. The normalized spacial score (nSPS) is 24.6. The Morgan fingerprint density at radius 1 is 1.16 bits per heavy atom. The van der Waals surface area contributed by atoms with Crippen molar-refractivity contribution < 1.29 is 14.6 Å². The van der Waals surface area contributed by atoms with Crippen LogP contribution >= 0.6 is 0 Å². The van der Waals surface area contributed by atoms with Crippen molar-refractivity contribution in [2.75, 3.05) is 65.7 Å². The van der Waals surface area contributed by atoms with Gasteiger partial charge in [0.05, 0.1) is 37.9 Å². The average Bonchev–Trinajstić information content (AvgIpc) is 2.35. The molecule has 112 valence electrons. The molecule has 1 N–H and O–H groups in total. The van der Waals surface area contributed by atoms with E-state index in [1.165, 1.54) is 0 Å². The lowest BCUT2D eigenvalue weighted by molar-refractivity contribution is -0.150. The molecule has 19 heavy (non-hydrogen) atoms. The van der Waals surface area contributed by atoms with E-state index < -0.39 is 0 Å². The fourth-order valence-corrected chi connectivity index (χ4v) is 2.69. The Labute approximate surface area is 116 Å². The molecule has 0 amide bonds. The van der Waals surface area contributed by atoms with Gasteiger partial charge in [-0.15, -0.1) is 0 Å². The number of rotatable bonds is 7. The summed E-state index contributed by atoms with van der Waals surface area (Å²) in [5.74, 6) is 0. The van der Waals surface area contributed by atoms with Crippen LogP contribution in [0.2, 0.25) is 0 Å². The second-order valence-corrected chi connectivity index (χ2v) is 6.19.